The minimum Gasteiger partial charge on any atom is -0.309 e. The van der Waals surface area contributed by atoms with Crippen LogP contribution >= 0.6 is 11.6 Å². The Balaban J connectivity index is 1.90. The molecule has 0 aliphatic carbocycles. The third-order valence-electron chi connectivity index (χ3n) is 4.48. The predicted molar refractivity (Wildman–Crippen MR) is 98.3 cm³/mol. The predicted octanol–water partition coefficient (Wildman–Crippen LogP) is 3.21. The standard InChI is InChI=1S/C18H18ClFN2O3S/c1-12-3-4-14(19)11-17(12)21-9-10-22(13(2)18(21)23)26(24,25)16-7-5-15(20)6-8-16/h3-8,11,13H,9-10H2,1-2H3/t13-/m0/s1. The van der Waals surface area contributed by atoms with Crippen LogP contribution in [0.2, 0.25) is 5.02 Å². The molecule has 0 bridgehead atoms. The van der Waals surface area contributed by atoms with E-state index in [0.29, 0.717) is 10.7 Å². The number of carbonyl (C=O) groups excluding carboxylic acids is 1. The fourth-order valence-electron chi connectivity index (χ4n) is 3.03. The average Bonchev–Trinajstić information content (AvgIpc) is 2.60. The molecule has 1 amide bonds. The quantitative estimate of drug-likeness (QED) is 0.800. The lowest BCUT2D eigenvalue weighted by molar-refractivity contribution is -0.123. The smallest absolute Gasteiger partial charge is 0.245 e. The summed E-state index contributed by atoms with van der Waals surface area (Å²) in [6.45, 7) is 3.77. The van der Waals surface area contributed by atoms with Gasteiger partial charge < -0.3 is 4.90 Å². The van der Waals surface area contributed by atoms with E-state index >= 15 is 0 Å². The van der Waals surface area contributed by atoms with E-state index in [0.717, 1.165) is 22.0 Å². The monoisotopic (exact) mass is 396 g/mol. The third kappa shape index (κ3) is 3.34. The number of carbonyl (C=O) groups is 1. The largest absolute Gasteiger partial charge is 0.309 e. The lowest BCUT2D eigenvalue weighted by Crippen LogP contribution is -2.57. The van der Waals surface area contributed by atoms with Crippen molar-refractivity contribution in [1.29, 1.82) is 0 Å². The van der Waals surface area contributed by atoms with E-state index in [1.165, 1.54) is 12.1 Å². The molecule has 0 saturated carbocycles. The summed E-state index contributed by atoms with van der Waals surface area (Å²) in [4.78, 5) is 14.4. The molecule has 1 aliphatic heterocycles. The molecule has 1 fully saturated rings. The zero-order chi connectivity index (χ0) is 19.1. The molecule has 0 spiro atoms. The van der Waals surface area contributed by atoms with Crippen molar-refractivity contribution in [2.24, 2.45) is 0 Å². The summed E-state index contributed by atoms with van der Waals surface area (Å²) >= 11 is 6.04. The highest BCUT2D eigenvalue weighted by molar-refractivity contribution is 7.89. The summed E-state index contributed by atoms with van der Waals surface area (Å²) < 4.78 is 39.9. The van der Waals surface area contributed by atoms with Crippen molar-refractivity contribution in [1.82, 2.24) is 4.31 Å². The van der Waals surface area contributed by atoms with Crippen LogP contribution in [0.25, 0.3) is 0 Å². The van der Waals surface area contributed by atoms with E-state index < -0.39 is 21.9 Å². The number of hydrogen-bond acceptors (Lipinski definition) is 3. The molecule has 1 heterocycles. The van der Waals surface area contributed by atoms with Crippen molar-refractivity contribution in [3.05, 3.63) is 58.9 Å². The van der Waals surface area contributed by atoms with Crippen molar-refractivity contribution in [3.63, 3.8) is 0 Å². The molecule has 1 aliphatic rings. The number of benzene rings is 2. The first-order chi connectivity index (χ1) is 12.2. The molecule has 1 saturated heterocycles. The molecule has 3 rings (SSSR count). The Bertz CT molecular complexity index is 947. The van der Waals surface area contributed by atoms with Gasteiger partial charge in [-0.1, -0.05) is 17.7 Å². The van der Waals surface area contributed by atoms with Gasteiger partial charge in [0.2, 0.25) is 15.9 Å². The molecule has 0 radical (unpaired) electrons. The fourth-order valence-corrected chi connectivity index (χ4v) is 4.78. The zero-order valence-corrected chi connectivity index (χ0v) is 15.9. The van der Waals surface area contributed by atoms with Gasteiger partial charge in [-0.3, -0.25) is 4.79 Å². The highest BCUT2D eigenvalue weighted by Gasteiger charge is 2.39. The van der Waals surface area contributed by atoms with Crippen molar-refractivity contribution in [2.45, 2.75) is 24.8 Å². The lowest BCUT2D eigenvalue weighted by atomic mass is 10.1. The Hall–Kier alpha value is -1.96. The van der Waals surface area contributed by atoms with Crippen LogP contribution in [0.5, 0.6) is 0 Å². The number of amides is 1. The van der Waals surface area contributed by atoms with Crippen LogP contribution < -0.4 is 4.90 Å². The maximum Gasteiger partial charge on any atom is 0.245 e. The third-order valence-corrected chi connectivity index (χ3v) is 6.70. The lowest BCUT2D eigenvalue weighted by Gasteiger charge is -2.38. The molecule has 5 nitrogen and oxygen atoms in total. The SMILES string of the molecule is Cc1ccc(Cl)cc1N1CCN(S(=O)(=O)c2ccc(F)cc2)[C@@H](C)C1=O. The molecule has 2 aromatic rings. The van der Waals surface area contributed by atoms with Gasteiger partial charge in [-0.05, 0) is 55.8 Å². The molecular formula is C18H18ClFN2O3S. The second kappa shape index (κ2) is 6.98. The van der Waals surface area contributed by atoms with Crippen molar-refractivity contribution < 1.29 is 17.6 Å². The highest BCUT2D eigenvalue weighted by atomic mass is 35.5. The second-order valence-electron chi connectivity index (χ2n) is 6.17. The van der Waals surface area contributed by atoms with Crippen LogP contribution in [0.4, 0.5) is 10.1 Å². The molecule has 2 aromatic carbocycles. The number of sulfonamides is 1. The minimum atomic E-state index is -3.89. The number of hydrogen-bond donors (Lipinski definition) is 0. The van der Waals surface area contributed by atoms with Gasteiger partial charge in [0.1, 0.15) is 11.9 Å². The van der Waals surface area contributed by atoms with Crippen LogP contribution in [0.15, 0.2) is 47.4 Å². The summed E-state index contributed by atoms with van der Waals surface area (Å²) in [6.07, 6.45) is 0. The summed E-state index contributed by atoms with van der Waals surface area (Å²) in [5.41, 5.74) is 1.55. The molecule has 1 atom stereocenters. The first kappa shape index (κ1) is 18.8. The van der Waals surface area contributed by atoms with E-state index in [-0.39, 0.29) is 23.9 Å². The second-order valence-corrected chi connectivity index (χ2v) is 8.49. The average molecular weight is 397 g/mol. The van der Waals surface area contributed by atoms with Gasteiger partial charge >= 0.3 is 0 Å². The molecule has 0 N–H and O–H groups in total. The van der Waals surface area contributed by atoms with Gasteiger partial charge in [0.25, 0.3) is 0 Å². The fraction of sp³-hybridized carbons (Fsp3) is 0.278. The van der Waals surface area contributed by atoms with Crippen LogP contribution in [-0.4, -0.2) is 37.8 Å². The van der Waals surface area contributed by atoms with Crippen LogP contribution in [0.3, 0.4) is 0 Å². The summed E-state index contributed by atoms with van der Waals surface area (Å²) in [5, 5.41) is 0.507. The molecule has 0 unspecified atom stereocenters. The number of rotatable bonds is 3. The zero-order valence-electron chi connectivity index (χ0n) is 14.3. The Morgan fingerprint density at radius 2 is 1.77 bits per heavy atom. The van der Waals surface area contributed by atoms with Crippen LogP contribution in [-0.2, 0) is 14.8 Å². The Kier molecular flexibility index (Phi) is 5.05. The van der Waals surface area contributed by atoms with Crippen molar-refractivity contribution in [2.75, 3.05) is 18.0 Å². The summed E-state index contributed by atoms with van der Waals surface area (Å²) in [5.74, 6) is -0.846. The number of halogens is 2. The number of piperazine rings is 1. The van der Waals surface area contributed by atoms with E-state index in [1.807, 2.05) is 13.0 Å². The number of nitrogens with zero attached hydrogens (tertiary/aromatic N) is 2. The van der Waals surface area contributed by atoms with Gasteiger partial charge in [-0.15, -0.1) is 0 Å². The summed E-state index contributed by atoms with van der Waals surface area (Å²) in [6, 6.07) is 8.96. The van der Waals surface area contributed by atoms with E-state index in [9.17, 15) is 17.6 Å². The number of aryl methyl sites for hydroxylation is 1. The van der Waals surface area contributed by atoms with E-state index in [4.69, 9.17) is 11.6 Å². The van der Waals surface area contributed by atoms with E-state index in [2.05, 4.69) is 0 Å². The molecule has 138 valence electrons. The maximum atomic E-state index is 13.1. The van der Waals surface area contributed by atoms with Crippen LogP contribution in [0.1, 0.15) is 12.5 Å². The van der Waals surface area contributed by atoms with Gasteiger partial charge in [-0.2, -0.15) is 4.31 Å². The first-order valence-electron chi connectivity index (χ1n) is 8.07. The number of anilines is 1. The molecule has 26 heavy (non-hydrogen) atoms. The maximum absolute atomic E-state index is 13.1. The van der Waals surface area contributed by atoms with Crippen molar-refractivity contribution >= 4 is 33.2 Å². The topological polar surface area (TPSA) is 57.7 Å². The normalized spacial score (nSPS) is 19.0. The van der Waals surface area contributed by atoms with E-state index in [1.54, 1.807) is 24.0 Å². The Labute approximate surface area is 157 Å². The minimum absolute atomic E-state index is 0.0362. The first-order valence-corrected chi connectivity index (χ1v) is 9.88. The Morgan fingerprint density at radius 3 is 2.42 bits per heavy atom. The van der Waals surface area contributed by atoms with Crippen molar-refractivity contribution in [3.8, 4) is 0 Å². The Morgan fingerprint density at radius 1 is 1.12 bits per heavy atom. The van der Waals surface area contributed by atoms with Crippen LogP contribution in [0, 0.1) is 12.7 Å². The summed E-state index contributed by atoms with van der Waals surface area (Å²) in [7, 11) is -3.89. The van der Waals surface area contributed by atoms with Gasteiger partial charge in [0, 0.05) is 23.8 Å². The van der Waals surface area contributed by atoms with Gasteiger partial charge in [-0.25, -0.2) is 12.8 Å². The molecule has 8 heteroatoms. The highest BCUT2D eigenvalue weighted by Crippen LogP contribution is 2.29. The van der Waals surface area contributed by atoms with Gasteiger partial charge in [0.15, 0.2) is 0 Å². The molecule has 0 aromatic heterocycles. The van der Waals surface area contributed by atoms with Gasteiger partial charge in [0.05, 0.1) is 4.90 Å². The molecular weight excluding hydrogens is 379 g/mol.